The molecule has 0 fully saturated rings. The van der Waals surface area contributed by atoms with Gasteiger partial charge in [0.05, 0.1) is 10.9 Å². The van der Waals surface area contributed by atoms with E-state index in [0.29, 0.717) is 5.02 Å². The zero-order valence-electron chi connectivity index (χ0n) is 17.8. The van der Waals surface area contributed by atoms with Crippen LogP contribution in [-0.4, -0.2) is 26.6 Å². The maximum atomic E-state index is 13.2. The molecule has 3 aromatic rings. The highest BCUT2D eigenvalue weighted by Crippen LogP contribution is 2.20. The van der Waals surface area contributed by atoms with Crippen molar-refractivity contribution in [1.29, 1.82) is 0 Å². The molecule has 3 aromatic carbocycles. The van der Waals surface area contributed by atoms with Crippen LogP contribution in [0.3, 0.4) is 0 Å². The smallest absolute Gasteiger partial charge is 0.241 e. The summed E-state index contributed by atoms with van der Waals surface area (Å²) >= 11 is 7.52. The first-order chi connectivity index (χ1) is 15.3. The molecule has 8 heteroatoms. The summed E-state index contributed by atoms with van der Waals surface area (Å²) in [5.41, 5.74) is 1.79. The van der Waals surface area contributed by atoms with Crippen molar-refractivity contribution >= 4 is 39.3 Å². The molecule has 168 valence electrons. The van der Waals surface area contributed by atoms with E-state index in [2.05, 4.69) is 10.0 Å². The number of hydrogen-bond donors (Lipinski definition) is 2. The first kappa shape index (κ1) is 24.3. The summed E-state index contributed by atoms with van der Waals surface area (Å²) in [5.74, 6) is -0.396. The molecule has 0 unspecified atom stereocenters. The Morgan fingerprint density at radius 1 is 0.969 bits per heavy atom. The Hall–Kier alpha value is -2.32. The van der Waals surface area contributed by atoms with Gasteiger partial charge in [-0.15, -0.1) is 11.8 Å². The fraction of sp³-hybridized carbons (Fsp3) is 0.208. The lowest BCUT2D eigenvalue weighted by atomic mass is 10.0. The van der Waals surface area contributed by atoms with E-state index in [9.17, 15) is 13.2 Å². The molecule has 0 aliphatic heterocycles. The molecule has 32 heavy (non-hydrogen) atoms. The molecular weight excluding hydrogens is 464 g/mol. The minimum atomic E-state index is -3.92. The van der Waals surface area contributed by atoms with E-state index in [1.807, 2.05) is 67.8 Å². The number of amides is 1. The summed E-state index contributed by atoms with van der Waals surface area (Å²) < 4.78 is 28.4. The van der Waals surface area contributed by atoms with E-state index in [0.717, 1.165) is 16.0 Å². The van der Waals surface area contributed by atoms with Gasteiger partial charge in [0, 0.05) is 9.92 Å². The van der Waals surface area contributed by atoms with Gasteiger partial charge >= 0.3 is 0 Å². The van der Waals surface area contributed by atoms with Crippen molar-refractivity contribution in [1.82, 2.24) is 10.0 Å². The highest BCUT2D eigenvalue weighted by atomic mass is 35.5. The monoisotopic (exact) mass is 488 g/mol. The van der Waals surface area contributed by atoms with Gasteiger partial charge in [0.1, 0.15) is 6.04 Å². The SMILES string of the molecule is CSc1ccc([C@H](C)NC(=O)[C@H](Cc2ccccc2)NS(=O)(=O)c2ccc(Cl)cc2)cc1. The molecule has 3 rings (SSSR count). The molecule has 2 atom stereocenters. The van der Waals surface area contributed by atoms with Crippen LogP contribution >= 0.6 is 23.4 Å². The average Bonchev–Trinajstić information content (AvgIpc) is 2.79. The van der Waals surface area contributed by atoms with Crippen molar-refractivity contribution in [3.8, 4) is 0 Å². The number of sulfonamides is 1. The Bertz CT molecular complexity index is 1140. The number of nitrogens with one attached hydrogen (secondary N) is 2. The van der Waals surface area contributed by atoms with Crippen LogP contribution in [0.1, 0.15) is 24.1 Å². The number of benzene rings is 3. The molecule has 0 radical (unpaired) electrons. The predicted octanol–water partition coefficient (Wildman–Crippen LogP) is 4.83. The summed E-state index contributed by atoms with van der Waals surface area (Å²) in [6.45, 7) is 1.87. The first-order valence-corrected chi connectivity index (χ1v) is 13.1. The molecule has 0 aliphatic carbocycles. The van der Waals surface area contributed by atoms with Crippen LogP contribution in [0.2, 0.25) is 5.02 Å². The third-order valence-corrected chi connectivity index (χ3v) is 7.48. The molecule has 0 saturated carbocycles. The van der Waals surface area contributed by atoms with Crippen molar-refractivity contribution in [2.45, 2.75) is 35.2 Å². The van der Waals surface area contributed by atoms with E-state index in [-0.39, 0.29) is 17.4 Å². The summed E-state index contributed by atoms with van der Waals surface area (Å²) in [5, 5.41) is 3.38. The fourth-order valence-corrected chi connectivity index (χ4v) is 4.93. The number of rotatable bonds is 9. The number of carbonyl (C=O) groups excluding carboxylic acids is 1. The second kappa shape index (κ2) is 11.0. The molecule has 5 nitrogen and oxygen atoms in total. The Kier molecular flexibility index (Phi) is 8.37. The first-order valence-electron chi connectivity index (χ1n) is 10.0. The molecule has 0 aliphatic rings. The Morgan fingerprint density at radius 3 is 2.19 bits per heavy atom. The average molecular weight is 489 g/mol. The zero-order chi connectivity index (χ0) is 23.1. The van der Waals surface area contributed by atoms with Crippen LogP contribution in [-0.2, 0) is 21.2 Å². The molecular formula is C24H25ClN2O3S2. The fourth-order valence-electron chi connectivity index (χ4n) is 3.20. The van der Waals surface area contributed by atoms with Crippen LogP contribution < -0.4 is 10.0 Å². The molecule has 0 bridgehead atoms. The summed E-state index contributed by atoms with van der Waals surface area (Å²) in [6.07, 6.45) is 2.22. The van der Waals surface area contributed by atoms with Gasteiger partial charge in [-0.3, -0.25) is 4.79 Å². The van der Waals surface area contributed by atoms with Crippen molar-refractivity contribution in [2.75, 3.05) is 6.26 Å². The van der Waals surface area contributed by atoms with Gasteiger partial charge in [0.25, 0.3) is 0 Å². The van der Waals surface area contributed by atoms with Gasteiger partial charge in [-0.05, 0) is 67.1 Å². The zero-order valence-corrected chi connectivity index (χ0v) is 20.2. The van der Waals surface area contributed by atoms with Crippen molar-refractivity contribution < 1.29 is 13.2 Å². The van der Waals surface area contributed by atoms with Crippen LogP contribution in [0.4, 0.5) is 0 Å². The van der Waals surface area contributed by atoms with E-state index in [4.69, 9.17) is 11.6 Å². The Morgan fingerprint density at radius 2 is 1.59 bits per heavy atom. The summed E-state index contributed by atoms with van der Waals surface area (Å²) in [6, 6.07) is 21.8. The third kappa shape index (κ3) is 6.59. The normalized spacial score (nSPS) is 13.3. The number of halogens is 1. The van der Waals surface area contributed by atoms with Gasteiger partial charge in [-0.25, -0.2) is 8.42 Å². The lowest BCUT2D eigenvalue weighted by Crippen LogP contribution is -2.48. The summed E-state index contributed by atoms with van der Waals surface area (Å²) in [4.78, 5) is 14.3. The standard InChI is InChI=1S/C24H25ClN2O3S2/c1-17(19-8-12-21(31-2)13-9-19)26-24(28)23(16-18-6-4-3-5-7-18)27-32(29,30)22-14-10-20(25)11-15-22/h3-15,17,23,27H,16H2,1-2H3,(H,26,28)/t17-,23-/m0/s1. The second-order valence-electron chi connectivity index (χ2n) is 7.32. The summed E-state index contributed by atoms with van der Waals surface area (Å²) in [7, 11) is -3.92. The molecule has 0 heterocycles. The number of carbonyl (C=O) groups is 1. The van der Waals surface area contributed by atoms with Crippen molar-refractivity contribution in [3.63, 3.8) is 0 Å². The molecule has 2 N–H and O–H groups in total. The molecule has 0 aromatic heterocycles. The van der Waals surface area contributed by atoms with Gasteiger partial charge in [-0.2, -0.15) is 4.72 Å². The van der Waals surface area contributed by atoms with Crippen LogP contribution in [0.15, 0.2) is 88.7 Å². The van der Waals surface area contributed by atoms with Gasteiger partial charge in [-0.1, -0.05) is 54.1 Å². The largest absolute Gasteiger partial charge is 0.348 e. The maximum absolute atomic E-state index is 13.2. The second-order valence-corrected chi connectivity index (χ2v) is 10.4. The van der Waals surface area contributed by atoms with E-state index < -0.39 is 22.0 Å². The molecule has 1 amide bonds. The van der Waals surface area contributed by atoms with E-state index >= 15 is 0 Å². The topological polar surface area (TPSA) is 75.3 Å². The number of hydrogen-bond acceptors (Lipinski definition) is 4. The quantitative estimate of drug-likeness (QED) is 0.423. The number of thioether (sulfide) groups is 1. The van der Waals surface area contributed by atoms with Crippen LogP contribution in [0, 0.1) is 0 Å². The highest BCUT2D eigenvalue weighted by molar-refractivity contribution is 7.98. The minimum absolute atomic E-state index is 0.0495. The van der Waals surface area contributed by atoms with Gasteiger partial charge in [0.15, 0.2) is 0 Å². The molecule has 0 spiro atoms. The minimum Gasteiger partial charge on any atom is -0.348 e. The van der Waals surface area contributed by atoms with Crippen LogP contribution in [0.25, 0.3) is 0 Å². The lowest BCUT2D eigenvalue weighted by molar-refractivity contribution is -0.123. The van der Waals surface area contributed by atoms with Gasteiger partial charge in [0.2, 0.25) is 15.9 Å². The Labute approximate surface area is 198 Å². The van der Waals surface area contributed by atoms with E-state index in [1.54, 1.807) is 11.8 Å². The van der Waals surface area contributed by atoms with Crippen molar-refractivity contribution in [2.24, 2.45) is 0 Å². The van der Waals surface area contributed by atoms with E-state index in [1.165, 1.54) is 24.3 Å². The van der Waals surface area contributed by atoms with Gasteiger partial charge < -0.3 is 5.32 Å². The van der Waals surface area contributed by atoms with Crippen LogP contribution in [0.5, 0.6) is 0 Å². The highest BCUT2D eigenvalue weighted by Gasteiger charge is 2.27. The maximum Gasteiger partial charge on any atom is 0.241 e. The Balaban J connectivity index is 1.81. The van der Waals surface area contributed by atoms with Crippen molar-refractivity contribution in [3.05, 3.63) is 95.0 Å². The third-order valence-electron chi connectivity index (χ3n) is 5.00. The lowest BCUT2D eigenvalue weighted by Gasteiger charge is -2.22. The molecule has 0 saturated heterocycles. The predicted molar refractivity (Wildman–Crippen MR) is 130 cm³/mol.